The predicted octanol–water partition coefficient (Wildman–Crippen LogP) is 2.93. The molecule has 1 N–H and O–H groups in total. The molecule has 0 aliphatic rings. The lowest BCUT2D eigenvalue weighted by molar-refractivity contribution is 0.210. The van der Waals surface area contributed by atoms with E-state index >= 15 is 0 Å². The van der Waals surface area contributed by atoms with Gasteiger partial charge in [-0.25, -0.2) is 0 Å². The van der Waals surface area contributed by atoms with Crippen molar-refractivity contribution in [2.24, 2.45) is 5.41 Å². The quantitative estimate of drug-likeness (QED) is 0.842. The van der Waals surface area contributed by atoms with Gasteiger partial charge in [0.1, 0.15) is 0 Å². The van der Waals surface area contributed by atoms with Crippen molar-refractivity contribution in [3.63, 3.8) is 0 Å². The van der Waals surface area contributed by atoms with E-state index in [1.54, 1.807) is 0 Å². The van der Waals surface area contributed by atoms with Gasteiger partial charge in [0.2, 0.25) is 0 Å². The molecule has 0 amide bonds. The molecule has 0 saturated heterocycles. The van der Waals surface area contributed by atoms with E-state index in [0.717, 1.165) is 13.1 Å². The summed E-state index contributed by atoms with van der Waals surface area (Å²) in [6.45, 7) is 8.98. The van der Waals surface area contributed by atoms with Crippen molar-refractivity contribution in [2.45, 2.75) is 26.8 Å². The van der Waals surface area contributed by atoms with Crippen molar-refractivity contribution in [3.05, 3.63) is 35.9 Å². The standard InChI is InChI=1S/C15H26N2/c1-15(2,3)12-17(5)11-14(16-4)13-9-7-6-8-10-13/h6-10,14,16H,11-12H2,1-5H3. The lowest BCUT2D eigenvalue weighted by atomic mass is 9.96. The van der Waals surface area contributed by atoms with E-state index in [0.29, 0.717) is 11.5 Å². The number of benzene rings is 1. The van der Waals surface area contributed by atoms with Crippen molar-refractivity contribution in [1.82, 2.24) is 10.2 Å². The van der Waals surface area contributed by atoms with Crippen LogP contribution in [0.3, 0.4) is 0 Å². The van der Waals surface area contributed by atoms with Crippen molar-refractivity contribution in [2.75, 3.05) is 27.2 Å². The van der Waals surface area contributed by atoms with Gasteiger partial charge in [0.15, 0.2) is 0 Å². The van der Waals surface area contributed by atoms with Gasteiger partial charge in [-0.15, -0.1) is 0 Å². The molecule has 17 heavy (non-hydrogen) atoms. The first kappa shape index (κ1) is 14.2. The molecule has 0 bridgehead atoms. The Labute approximate surface area is 106 Å². The van der Waals surface area contributed by atoms with Gasteiger partial charge in [-0.2, -0.15) is 0 Å². The molecule has 1 aromatic rings. The Morgan fingerprint density at radius 1 is 1.18 bits per heavy atom. The summed E-state index contributed by atoms with van der Waals surface area (Å²) < 4.78 is 0. The third-order valence-corrected chi connectivity index (χ3v) is 2.79. The summed E-state index contributed by atoms with van der Waals surface area (Å²) in [7, 11) is 4.22. The SMILES string of the molecule is CNC(CN(C)CC(C)(C)C)c1ccccc1. The second-order valence-corrected chi connectivity index (χ2v) is 6.01. The molecule has 0 fully saturated rings. The smallest absolute Gasteiger partial charge is 0.0446 e. The Balaban J connectivity index is 2.59. The van der Waals surface area contributed by atoms with Gasteiger partial charge in [0.05, 0.1) is 0 Å². The van der Waals surface area contributed by atoms with E-state index in [-0.39, 0.29) is 0 Å². The summed E-state index contributed by atoms with van der Waals surface area (Å²) in [6, 6.07) is 11.0. The fourth-order valence-corrected chi connectivity index (χ4v) is 2.23. The van der Waals surface area contributed by atoms with E-state index in [1.165, 1.54) is 5.56 Å². The maximum atomic E-state index is 3.39. The number of likely N-dealkylation sites (N-methyl/N-ethyl adjacent to an activating group) is 2. The Morgan fingerprint density at radius 2 is 1.76 bits per heavy atom. The Bertz CT molecular complexity index is 313. The van der Waals surface area contributed by atoms with E-state index in [4.69, 9.17) is 0 Å². The number of nitrogens with zero attached hydrogens (tertiary/aromatic N) is 1. The zero-order chi connectivity index (χ0) is 12.9. The molecule has 1 atom stereocenters. The molecule has 1 aromatic carbocycles. The second kappa shape index (κ2) is 6.18. The summed E-state index contributed by atoms with van der Waals surface area (Å²) in [5.41, 5.74) is 1.71. The molecule has 1 rings (SSSR count). The van der Waals surface area contributed by atoms with Crippen LogP contribution in [0, 0.1) is 5.41 Å². The average Bonchev–Trinajstić information content (AvgIpc) is 2.24. The van der Waals surface area contributed by atoms with Crippen LogP contribution in [0.15, 0.2) is 30.3 Å². The first-order valence-corrected chi connectivity index (χ1v) is 6.33. The fraction of sp³-hybridized carbons (Fsp3) is 0.600. The molecule has 0 aliphatic heterocycles. The summed E-state index contributed by atoms with van der Waals surface area (Å²) in [5, 5.41) is 3.39. The number of hydrogen-bond donors (Lipinski definition) is 1. The molecule has 0 spiro atoms. The van der Waals surface area contributed by atoms with Crippen molar-refractivity contribution >= 4 is 0 Å². The van der Waals surface area contributed by atoms with Gasteiger partial charge in [-0.05, 0) is 25.1 Å². The van der Waals surface area contributed by atoms with E-state index in [9.17, 15) is 0 Å². The zero-order valence-corrected chi connectivity index (χ0v) is 11.8. The first-order chi connectivity index (χ1) is 7.92. The first-order valence-electron chi connectivity index (χ1n) is 6.33. The molecular formula is C15H26N2. The van der Waals surface area contributed by atoms with Gasteiger partial charge in [-0.1, -0.05) is 51.1 Å². The molecule has 2 heteroatoms. The van der Waals surface area contributed by atoms with E-state index in [1.807, 2.05) is 7.05 Å². The lowest BCUT2D eigenvalue weighted by Crippen LogP contribution is -2.36. The normalized spacial score (nSPS) is 14.0. The number of rotatable bonds is 5. The lowest BCUT2D eigenvalue weighted by Gasteiger charge is -2.29. The van der Waals surface area contributed by atoms with E-state index in [2.05, 4.69) is 68.4 Å². The highest BCUT2D eigenvalue weighted by atomic mass is 15.1. The van der Waals surface area contributed by atoms with Gasteiger partial charge in [0, 0.05) is 19.1 Å². The third-order valence-electron chi connectivity index (χ3n) is 2.79. The minimum atomic E-state index is 0.351. The Kier molecular flexibility index (Phi) is 5.16. The second-order valence-electron chi connectivity index (χ2n) is 6.01. The van der Waals surface area contributed by atoms with Crippen molar-refractivity contribution in [3.8, 4) is 0 Å². The predicted molar refractivity (Wildman–Crippen MR) is 75.2 cm³/mol. The molecule has 0 radical (unpaired) electrons. The molecule has 2 nitrogen and oxygen atoms in total. The fourth-order valence-electron chi connectivity index (χ4n) is 2.23. The molecule has 0 aromatic heterocycles. The highest BCUT2D eigenvalue weighted by Crippen LogP contribution is 2.17. The molecule has 0 aliphatic carbocycles. The van der Waals surface area contributed by atoms with Crippen LogP contribution in [0.5, 0.6) is 0 Å². The minimum absolute atomic E-state index is 0.351. The number of hydrogen-bond acceptors (Lipinski definition) is 2. The average molecular weight is 234 g/mol. The van der Waals surface area contributed by atoms with Gasteiger partial charge >= 0.3 is 0 Å². The van der Waals surface area contributed by atoms with Gasteiger partial charge in [-0.3, -0.25) is 0 Å². The minimum Gasteiger partial charge on any atom is -0.312 e. The topological polar surface area (TPSA) is 15.3 Å². The number of nitrogens with one attached hydrogen (secondary N) is 1. The van der Waals surface area contributed by atoms with Crippen LogP contribution in [0.4, 0.5) is 0 Å². The summed E-state index contributed by atoms with van der Waals surface area (Å²) >= 11 is 0. The third kappa shape index (κ3) is 5.33. The van der Waals surface area contributed by atoms with Crippen LogP contribution in [-0.2, 0) is 0 Å². The molecule has 1 unspecified atom stereocenters. The van der Waals surface area contributed by atoms with Crippen LogP contribution < -0.4 is 5.32 Å². The summed E-state index contributed by atoms with van der Waals surface area (Å²) in [4.78, 5) is 2.40. The Morgan fingerprint density at radius 3 is 2.24 bits per heavy atom. The van der Waals surface area contributed by atoms with Gasteiger partial charge < -0.3 is 10.2 Å². The molecular weight excluding hydrogens is 208 g/mol. The van der Waals surface area contributed by atoms with Crippen LogP contribution >= 0.6 is 0 Å². The van der Waals surface area contributed by atoms with E-state index < -0.39 is 0 Å². The van der Waals surface area contributed by atoms with Crippen molar-refractivity contribution < 1.29 is 0 Å². The molecule has 0 saturated carbocycles. The maximum absolute atomic E-state index is 3.39. The highest BCUT2D eigenvalue weighted by Gasteiger charge is 2.17. The zero-order valence-electron chi connectivity index (χ0n) is 11.8. The van der Waals surface area contributed by atoms with Crippen molar-refractivity contribution in [1.29, 1.82) is 0 Å². The largest absolute Gasteiger partial charge is 0.312 e. The van der Waals surface area contributed by atoms with Crippen LogP contribution in [0.25, 0.3) is 0 Å². The highest BCUT2D eigenvalue weighted by molar-refractivity contribution is 5.19. The van der Waals surface area contributed by atoms with Crippen LogP contribution in [0.1, 0.15) is 32.4 Å². The van der Waals surface area contributed by atoms with Gasteiger partial charge in [0.25, 0.3) is 0 Å². The maximum Gasteiger partial charge on any atom is 0.0446 e. The molecule has 96 valence electrons. The monoisotopic (exact) mass is 234 g/mol. The van der Waals surface area contributed by atoms with Crippen LogP contribution in [0.2, 0.25) is 0 Å². The van der Waals surface area contributed by atoms with Crippen LogP contribution in [-0.4, -0.2) is 32.1 Å². The molecule has 0 heterocycles. The Hall–Kier alpha value is -0.860. The summed E-state index contributed by atoms with van der Waals surface area (Å²) in [6.07, 6.45) is 0. The summed E-state index contributed by atoms with van der Waals surface area (Å²) in [5.74, 6) is 0.